The topological polar surface area (TPSA) is 37.8 Å². The van der Waals surface area contributed by atoms with Crippen LogP contribution < -0.4 is 5.32 Å². The van der Waals surface area contributed by atoms with Crippen molar-refractivity contribution in [1.29, 1.82) is 0 Å². The Bertz CT molecular complexity index is 783. The van der Waals surface area contributed by atoms with Crippen LogP contribution in [0, 0.1) is 6.92 Å². The zero-order valence-corrected chi connectivity index (χ0v) is 17.3. The van der Waals surface area contributed by atoms with E-state index in [1.807, 2.05) is 19.1 Å². The molecule has 0 radical (unpaired) electrons. The van der Waals surface area contributed by atoms with E-state index in [0.29, 0.717) is 10.0 Å². The monoisotopic (exact) mass is 391 g/mol. The molecule has 1 aliphatic rings. The SMILES string of the molecule is CCCC1(CCC)CCCc2c(Nc3ccc(Cl)cc3Cl)nc(C)nc21. The van der Waals surface area contributed by atoms with Gasteiger partial charge in [0.25, 0.3) is 0 Å². The Hall–Kier alpha value is -1.32. The lowest BCUT2D eigenvalue weighted by Crippen LogP contribution is -2.33. The molecular weight excluding hydrogens is 365 g/mol. The average molecular weight is 392 g/mol. The second-order valence-electron chi connectivity index (χ2n) is 7.33. The van der Waals surface area contributed by atoms with Gasteiger partial charge in [0.2, 0.25) is 0 Å². The van der Waals surface area contributed by atoms with Crippen molar-refractivity contribution in [3.63, 3.8) is 0 Å². The lowest BCUT2D eigenvalue weighted by Gasteiger charge is -2.39. The maximum absolute atomic E-state index is 6.37. The molecule has 0 saturated carbocycles. The van der Waals surface area contributed by atoms with E-state index in [4.69, 9.17) is 33.2 Å². The van der Waals surface area contributed by atoms with E-state index >= 15 is 0 Å². The summed E-state index contributed by atoms with van der Waals surface area (Å²) in [5.41, 5.74) is 3.53. The first-order valence-corrected chi connectivity index (χ1v) is 10.3. The number of anilines is 2. The highest BCUT2D eigenvalue weighted by atomic mass is 35.5. The molecule has 1 aromatic carbocycles. The van der Waals surface area contributed by atoms with Crippen LogP contribution in [-0.2, 0) is 11.8 Å². The van der Waals surface area contributed by atoms with Crippen molar-refractivity contribution in [2.45, 2.75) is 71.1 Å². The zero-order chi connectivity index (χ0) is 18.7. The Balaban J connectivity index is 2.07. The second-order valence-corrected chi connectivity index (χ2v) is 8.17. The first-order chi connectivity index (χ1) is 12.5. The van der Waals surface area contributed by atoms with Crippen LogP contribution >= 0.6 is 23.2 Å². The van der Waals surface area contributed by atoms with Gasteiger partial charge in [-0.2, -0.15) is 0 Å². The van der Waals surface area contributed by atoms with Crippen LogP contribution in [0.25, 0.3) is 0 Å². The molecule has 0 bridgehead atoms. The molecule has 3 nitrogen and oxygen atoms in total. The fourth-order valence-corrected chi connectivity index (χ4v) is 4.84. The second kappa shape index (κ2) is 8.14. The molecule has 1 N–H and O–H groups in total. The minimum Gasteiger partial charge on any atom is -0.339 e. The fourth-order valence-electron chi connectivity index (χ4n) is 4.38. The predicted molar refractivity (Wildman–Crippen MR) is 111 cm³/mol. The van der Waals surface area contributed by atoms with Crippen LogP contribution in [-0.4, -0.2) is 9.97 Å². The molecule has 1 aromatic heterocycles. The Morgan fingerprint density at radius 2 is 1.85 bits per heavy atom. The van der Waals surface area contributed by atoms with Gasteiger partial charge in [-0.1, -0.05) is 49.9 Å². The minimum atomic E-state index is 0.186. The molecule has 0 atom stereocenters. The van der Waals surface area contributed by atoms with Crippen LogP contribution in [0.2, 0.25) is 10.0 Å². The summed E-state index contributed by atoms with van der Waals surface area (Å²) in [6.07, 6.45) is 8.14. The number of nitrogens with one attached hydrogen (secondary N) is 1. The van der Waals surface area contributed by atoms with E-state index < -0.39 is 0 Å². The molecule has 0 fully saturated rings. The van der Waals surface area contributed by atoms with Crippen molar-refractivity contribution in [3.05, 3.63) is 45.3 Å². The summed E-state index contributed by atoms with van der Waals surface area (Å²) < 4.78 is 0. The number of hydrogen-bond acceptors (Lipinski definition) is 3. The molecule has 1 heterocycles. The van der Waals surface area contributed by atoms with Gasteiger partial charge in [0, 0.05) is 16.0 Å². The zero-order valence-electron chi connectivity index (χ0n) is 15.8. The van der Waals surface area contributed by atoms with Crippen LogP contribution in [0.15, 0.2) is 18.2 Å². The number of fused-ring (bicyclic) bond motifs is 1. The van der Waals surface area contributed by atoms with E-state index in [9.17, 15) is 0 Å². The van der Waals surface area contributed by atoms with Crippen molar-refractivity contribution < 1.29 is 0 Å². The molecule has 2 aromatic rings. The molecular formula is C21H27Cl2N3. The van der Waals surface area contributed by atoms with Crippen LogP contribution in [0.4, 0.5) is 11.5 Å². The summed E-state index contributed by atoms with van der Waals surface area (Å²) >= 11 is 12.4. The summed E-state index contributed by atoms with van der Waals surface area (Å²) in [5.74, 6) is 1.71. The maximum atomic E-state index is 6.37. The Morgan fingerprint density at radius 3 is 2.50 bits per heavy atom. The summed E-state index contributed by atoms with van der Waals surface area (Å²) in [6.45, 7) is 6.52. The number of aromatic nitrogens is 2. The highest BCUT2D eigenvalue weighted by molar-refractivity contribution is 6.36. The number of rotatable bonds is 6. The van der Waals surface area contributed by atoms with Gasteiger partial charge in [0.1, 0.15) is 11.6 Å². The molecule has 0 spiro atoms. The van der Waals surface area contributed by atoms with E-state index in [1.165, 1.54) is 49.8 Å². The Labute approximate surface area is 166 Å². The van der Waals surface area contributed by atoms with Crippen molar-refractivity contribution in [2.24, 2.45) is 0 Å². The summed E-state index contributed by atoms with van der Waals surface area (Å²) in [5, 5.41) is 4.68. The highest BCUT2D eigenvalue weighted by Gasteiger charge is 2.38. The van der Waals surface area contributed by atoms with Gasteiger partial charge in [0.15, 0.2) is 0 Å². The molecule has 0 amide bonds. The molecule has 1 aliphatic carbocycles. The molecule has 140 valence electrons. The number of aryl methyl sites for hydroxylation is 1. The third-order valence-corrected chi connectivity index (χ3v) is 5.89. The molecule has 3 rings (SSSR count). The van der Waals surface area contributed by atoms with Gasteiger partial charge < -0.3 is 5.32 Å². The normalized spacial score (nSPS) is 15.6. The van der Waals surface area contributed by atoms with Gasteiger partial charge in [0.05, 0.1) is 16.4 Å². The van der Waals surface area contributed by atoms with E-state index in [-0.39, 0.29) is 5.41 Å². The van der Waals surface area contributed by atoms with Crippen LogP contribution in [0.1, 0.15) is 69.5 Å². The third kappa shape index (κ3) is 3.84. The van der Waals surface area contributed by atoms with Gasteiger partial charge in [-0.15, -0.1) is 0 Å². The van der Waals surface area contributed by atoms with Gasteiger partial charge in [-0.05, 0) is 57.2 Å². The fraction of sp³-hybridized carbons (Fsp3) is 0.524. The lowest BCUT2D eigenvalue weighted by molar-refractivity contribution is 0.295. The quantitative estimate of drug-likeness (QED) is 0.575. The van der Waals surface area contributed by atoms with Crippen molar-refractivity contribution in [1.82, 2.24) is 9.97 Å². The van der Waals surface area contributed by atoms with E-state index in [2.05, 4.69) is 19.2 Å². The van der Waals surface area contributed by atoms with Crippen molar-refractivity contribution in [3.8, 4) is 0 Å². The predicted octanol–water partition coefficient (Wildman–Crippen LogP) is 7.01. The first kappa shape index (κ1) is 19.4. The first-order valence-electron chi connectivity index (χ1n) is 9.59. The molecule has 0 unspecified atom stereocenters. The molecule has 26 heavy (non-hydrogen) atoms. The smallest absolute Gasteiger partial charge is 0.137 e. The highest BCUT2D eigenvalue weighted by Crippen LogP contribution is 2.45. The number of nitrogens with zero attached hydrogens (tertiary/aromatic N) is 2. The van der Waals surface area contributed by atoms with Gasteiger partial charge in [-0.3, -0.25) is 0 Å². The number of halogens is 2. The number of hydrogen-bond donors (Lipinski definition) is 1. The largest absolute Gasteiger partial charge is 0.339 e. The molecule has 5 heteroatoms. The Kier molecular flexibility index (Phi) is 6.09. The molecule has 0 aliphatic heterocycles. The Morgan fingerprint density at radius 1 is 1.12 bits per heavy atom. The van der Waals surface area contributed by atoms with Crippen molar-refractivity contribution >= 4 is 34.7 Å². The van der Waals surface area contributed by atoms with Crippen LogP contribution in [0.5, 0.6) is 0 Å². The number of benzene rings is 1. The summed E-state index contributed by atoms with van der Waals surface area (Å²) in [4.78, 5) is 9.66. The maximum Gasteiger partial charge on any atom is 0.137 e. The van der Waals surface area contributed by atoms with Crippen LogP contribution in [0.3, 0.4) is 0 Å². The van der Waals surface area contributed by atoms with E-state index in [0.717, 1.165) is 23.8 Å². The van der Waals surface area contributed by atoms with E-state index in [1.54, 1.807) is 6.07 Å². The summed E-state index contributed by atoms with van der Waals surface area (Å²) in [7, 11) is 0. The lowest BCUT2D eigenvalue weighted by atomic mass is 9.67. The minimum absolute atomic E-state index is 0.186. The third-order valence-electron chi connectivity index (χ3n) is 5.34. The van der Waals surface area contributed by atoms with Crippen molar-refractivity contribution in [2.75, 3.05) is 5.32 Å². The van der Waals surface area contributed by atoms with Gasteiger partial charge in [-0.25, -0.2) is 9.97 Å². The average Bonchev–Trinajstić information content (AvgIpc) is 2.59. The van der Waals surface area contributed by atoms with Gasteiger partial charge >= 0.3 is 0 Å². The summed E-state index contributed by atoms with van der Waals surface area (Å²) in [6, 6.07) is 5.50. The molecule has 0 saturated heterocycles. The standard InChI is InChI=1S/C21H27Cl2N3/c1-4-10-21(11-5-2)12-6-7-16-19(21)24-14(3)25-20(16)26-18-9-8-15(22)13-17(18)23/h8-9,13H,4-7,10-12H2,1-3H3,(H,24,25,26).